The number of rotatable bonds is 6. The summed E-state index contributed by atoms with van der Waals surface area (Å²) >= 11 is 0. The predicted molar refractivity (Wildman–Crippen MR) is 73.9 cm³/mol. The second-order valence-electron chi connectivity index (χ2n) is 4.77. The van der Waals surface area contributed by atoms with Gasteiger partial charge in [-0.2, -0.15) is 4.98 Å². The molecule has 0 aromatic carbocycles. The fraction of sp³-hybridized carbons (Fsp3) is 0.462. The van der Waals surface area contributed by atoms with Gasteiger partial charge in [-0.15, -0.1) is 5.10 Å². The van der Waals surface area contributed by atoms with Gasteiger partial charge in [0.1, 0.15) is 0 Å². The number of nitrogens with one attached hydrogen (secondary N) is 1. The molecule has 1 atom stereocenters. The first-order valence-corrected chi connectivity index (χ1v) is 6.72. The number of hydrogen-bond donors (Lipinski definition) is 2. The van der Waals surface area contributed by atoms with E-state index >= 15 is 0 Å². The molecule has 0 saturated heterocycles. The minimum Gasteiger partial charge on any atom is -0.481 e. The lowest BCUT2D eigenvalue weighted by atomic mass is 10.0. The van der Waals surface area contributed by atoms with Gasteiger partial charge in [0.15, 0.2) is 0 Å². The topological polar surface area (TPSA) is 109 Å². The van der Waals surface area contributed by atoms with Crippen LogP contribution in [0.25, 0.3) is 5.78 Å². The van der Waals surface area contributed by atoms with Crippen molar-refractivity contribution >= 4 is 17.7 Å². The van der Waals surface area contributed by atoms with Gasteiger partial charge in [-0.1, -0.05) is 13.3 Å². The van der Waals surface area contributed by atoms with Crippen molar-refractivity contribution in [2.24, 2.45) is 5.92 Å². The fourth-order valence-corrected chi connectivity index (χ4v) is 1.96. The van der Waals surface area contributed by atoms with Crippen molar-refractivity contribution in [1.29, 1.82) is 0 Å². The van der Waals surface area contributed by atoms with Crippen LogP contribution in [0.15, 0.2) is 12.3 Å². The number of amides is 1. The third-order valence-electron chi connectivity index (χ3n) is 3.13. The Morgan fingerprint density at radius 3 is 2.86 bits per heavy atom. The number of nitrogens with zero attached hydrogens (tertiary/aromatic N) is 4. The van der Waals surface area contributed by atoms with E-state index in [1.54, 1.807) is 12.3 Å². The average molecular weight is 291 g/mol. The van der Waals surface area contributed by atoms with Crippen molar-refractivity contribution in [3.05, 3.63) is 23.8 Å². The predicted octanol–water partition coefficient (Wildman–Crippen LogP) is 0.663. The summed E-state index contributed by atoms with van der Waals surface area (Å²) in [6.07, 6.45) is 2.83. The first kappa shape index (κ1) is 14.9. The van der Waals surface area contributed by atoms with Crippen molar-refractivity contribution in [2.45, 2.75) is 26.7 Å². The number of aromatic nitrogens is 4. The lowest BCUT2D eigenvalue weighted by molar-refractivity contribution is -0.141. The first-order chi connectivity index (χ1) is 10.0. The van der Waals surface area contributed by atoms with E-state index in [1.165, 1.54) is 4.52 Å². The molecular formula is C13H17N5O3. The van der Waals surface area contributed by atoms with Gasteiger partial charge >= 0.3 is 5.97 Å². The van der Waals surface area contributed by atoms with Crippen LogP contribution in [0.4, 0.5) is 0 Å². The molecule has 2 aromatic heterocycles. The summed E-state index contributed by atoms with van der Waals surface area (Å²) in [6, 6.07) is 1.76. The summed E-state index contributed by atoms with van der Waals surface area (Å²) in [6.45, 7) is 3.78. The number of fused-ring (bicyclic) bond motifs is 1. The molecular weight excluding hydrogens is 274 g/mol. The Bertz CT molecular complexity index is 667. The Hall–Kier alpha value is -2.51. The molecule has 0 saturated carbocycles. The Morgan fingerprint density at radius 1 is 1.48 bits per heavy atom. The summed E-state index contributed by atoms with van der Waals surface area (Å²) < 4.78 is 1.47. The van der Waals surface area contributed by atoms with Crippen LogP contribution in [0.3, 0.4) is 0 Å². The second kappa shape index (κ2) is 6.29. The molecule has 0 aliphatic rings. The second-order valence-corrected chi connectivity index (χ2v) is 4.77. The van der Waals surface area contributed by atoms with Gasteiger partial charge in [-0.25, -0.2) is 9.50 Å². The summed E-state index contributed by atoms with van der Waals surface area (Å²) in [4.78, 5) is 31.1. The number of aliphatic carboxylic acids is 1. The maximum absolute atomic E-state index is 12.0. The quantitative estimate of drug-likeness (QED) is 0.809. The van der Waals surface area contributed by atoms with Crippen LogP contribution in [-0.4, -0.2) is 43.1 Å². The van der Waals surface area contributed by atoms with E-state index in [-0.39, 0.29) is 12.4 Å². The van der Waals surface area contributed by atoms with E-state index in [0.29, 0.717) is 12.2 Å². The minimum absolute atomic E-state index is 0.0163. The molecule has 21 heavy (non-hydrogen) atoms. The standard InChI is InChI=1S/C13H17N5O3/c1-3-4-9(12(20)21)7-15-11(19)10-16-13-14-6-5-8(2)18(13)17-10/h5-6,9H,3-4,7H2,1-2H3,(H,15,19)(H,20,21). The molecule has 0 fully saturated rings. The van der Waals surface area contributed by atoms with E-state index in [0.717, 1.165) is 12.1 Å². The lowest BCUT2D eigenvalue weighted by Gasteiger charge is -2.10. The maximum Gasteiger partial charge on any atom is 0.308 e. The zero-order valence-electron chi connectivity index (χ0n) is 11.9. The van der Waals surface area contributed by atoms with Crippen molar-refractivity contribution in [3.8, 4) is 0 Å². The van der Waals surface area contributed by atoms with Crippen molar-refractivity contribution < 1.29 is 14.7 Å². The van der Waals surface area contributed by atoms with E-state index in [1.807, 2.05) is 13.8 Å². The summed E-state index contributed by atoms with van der Waals surface area (Å²) in [5.74, 6) is -1.70. The molecule has 2 heterocycles. The van der Waals surface area contributed by atoms with Gasteiger partial charge in [-0.3, -0.25) is 9.59 Å². The highest BCUT2D eigenvalue weighted by Crippen LogP contribution is 2.06. The summed E-state index contributed by atoms with van der Waals surface area (Å²) in [5, 5.41) is 15.7. The Balaban J connectivity index is 2.08. The monoisotopic (exact) mass is 291 g/mol. The van der Waals surface area contributed by atoms with Crippen molar-refractivity contribution in [3.63, 3.8) is 0 Å². The van der Waals surface area contributed by atoms with E-state index < -0.39 is 17.8 Å². The fourth-order valence-electron chi connectivity index (χ4n) is 1.96. The van der Waals surface area contributed by atoms with Crippen LogP contribution in [0.1, 0.15) is 36.1 Å². The number of carboxylic acids is 1. The average Bonchev–Trinajstić information content (AvgIpc) is 2.88. The SMILES string of the molecule is CCCC(CNC(=O)c1nc2nccc(C)n2n1)C(=O)O. The largest absolute Gasteiger partial charge is 0.481 e. The van der Waals surface area contributed by atoms with Gasteiger partial charge in [0.25, 0.3) is 11.7 Å². The Morgan fingerprint density at radius 2 is 2.24 bits per heavy atom. The molecule has 8 heteroatoms. The molecule has 0 radical (unpaired) electrons. The number of hydrogen-bond acceptors (Lipinski definition) is 5. The molecule has 1 unspecified atom stereocenters. The minimum atomic E-state index is -0.919. The third-order valence-corrected chi connectivity index (χ3v) is 3.13. The third kappa shape index (κ3) is 3.33. The zero-order valence-corrected chi connectivity index (χ0v) is 11.9. The molecule has 2 rings (SSSR count). The molecule has 8 nitrogen and oxygen atoms in total. The van der Waals surface area contributed by atoms with Crippen LogP contribution in [0.2, 0.25) is 0 Å². The number of aryl methyl sites for hydroxylation is 1. The zero-order chi connectivity index (χ0) is 15.4. The summed E-state index contributed by atoms with van der Waals surface area (Å²) in [7, 11) is 0. The maximum atomic E-state index is 12.0. The number of carboxylic acid groups (broad SMARTS) is 1. The van der Waals surface area contributed by atoms with Gasteiger partial charge in [0.2, 0.25) is 5.82 Å². The van der Waals surface area contributed by atoms with E-state index in [4.69, 9.17) is 5.11 Å². The van der Waals surface area contributed by atoms with E-state index in [9.17, 15) is 9.59 Å². The molecule has 2 N–H and O–H groups in total. The Kier molecular flexibility index (Phi) is 4.46. The van der Waals surface area contributed by atoms with Gasteiger partial charge in [-0.05, 0) is 19.4 Å². The molecule has 0 spiro atoms. The highest BCUT2D eigenvalue weighted by atomic mass is 16.4. The highest BCUT2D eigenvalue weighted by molar-refractivity contribution is 5.91. The molecule has 0 aliphatic heterocycles. The smallest absolute Gasteiger partial charge is 0.308 e. The molecule has 0 aliphatic carbocycles. The van der Waals surface area contributed by atoms with Crippen LogP contribution in [-0.2, 0) is 4.79 Å². The molecule has 2 aromatic rings. The van der Waals surface area contributed by atoms with Gasteiger partial charge < -0.3 is 10.4 Å². The van der Waals surface area contributed by atoms with Crippen LogP contribution < -0.4 is 5.32 Å². The summed E-state index contributed by atoms with van der Waals surface area (Å²) in [5.41, 5.74) is 0.806. The van der Waals surface area contributed by atoms with Gasteiger partial charge in [0.05, 0.1) is 5.92 Å². The van der Waals surface area contributed by atoms with Crippen LogP contribution in [0, 0.1) is 12.8 Å². The van der Waals surface area contributed by atoms with Crippen LogP contribution >= 0.6 is 0 Å². The number of carbonyl (C=O) groups excluding carboxylic acids is 1. The first-order valence-electron chi connectivity index (χ1n) is 6.72. The van der Waals surface area contributed by atoms with Gasteiger partial charge in [0, 0.05) is 18.4 Å². The number of carbonyl (C=O) groups is 2. The lowest BCUT2D eigenvalue weighted by Crippen LogP contribution is -2.33. The molecule has 1 amide bonds. The van der Waals surface area contributed by atoms with E-state index in [2.05, 4.69) is 20.4 Å². The van der Waals surface area contributed by atoms with Crippen LogP contribution in [0.5, 0.6) is 0 Å². The van der Waals surface area contributed by atoms with Crippen molar-refractivity contribution in [1.82, 2.24) is 24.9 Å². The normalized spacial score (nSPS) is 12.3. The highest BCUT2D eigenvalue weighted by Gasteiger charge is 2.20. The van der Waals surface area contributed by atoms with Crippen molar-refractivity contribution in [2.75, 3.05) is 6.54 Å². The molecule has 112 valence electrons. The molecule has 0 bridgehead atoms. The Labute approximate surface area is 121 Å².